The molecular weight excluding hydrogens is 209 g/mol. The Hall–Kier alpha value is -1.13. The molecule has 88 valence electrons. The van der Waals surface area contributed by atoms with Gasteiger partial charge in [-0.3, -0.25) is 0 Å². The third-order valence-corrected chi connectivity index (χ3v) is 2.79. The van der Waals surface area contributed by atoms with E-state index in [4.69, 9.17) is 4.74 Å². The smallest absolute Gasteiger partial charge is 0.120 e. The number of aliphatic hydroxyl groups excluding tert-OH is 1. The van der Waals surface area contributed by atoms with Crippen LogP contribution in [0.3, 0.4) is 0 Å². The summed E-state index contributed by atoms with van der Waals surface area (Å²) in [5, 5.41) is 9.61. The Balaban J connectivity index is 2.24. The Bertz CT molecular complexity index is 340. The minimum atomic E-state index is -1.03. The maximum Gasteiger partial charge on any atom is 0.120 e. The fraction of sp³-hybridized carbons (Fsp3) is 0.500. The largest absolute Gasteiger partial charge is 0.386 e. The van der Waals surface area contributed by atoms with E-state index >= 15 is 0 Å². The van der Waals surface area contributed by atoms with Crippen LogP contribution >= 0.6 is 0 Å². The monoisotopic (exact) mass is 225 g/mol. The van der Waals surface area contributed by atoms with Crippen molar-refractivity contribution in [2.24, 2.45) is 0 Å². The fourth-order valence-corrected chi connectivity index (χ4v) is 1.94. The third-order valence-electron chi connectivity index (χ3n) is 2.79. The SMILES string of the molecule is OC(CF)c1ccccc1N1CCOCC1. The molecule has 1 saturated heterocycles. The fourth-order valence-electron chi connectivity index (χ4n) is 1.94. The quantitative estimate of drug-likeness (QED) is 0.846. The van der Waals surface area contributed by atoms with Crippen molar-refractivity contribution < 1.29 is 14.2 Å². The highest BCUT2D eigenvalue weighted by atomic mass is 19.1. The third kappa shape index (κ3) is 2.33. The van der Waals surface area contributed by atoms with Gasteiger partial charge in [-0.25, -0.2) is 4.39 Å². The highest BCUT2D eigenvalue weighted by molar-refractivity contribution is 5.54. The van der Waals surface area contributed by atoms with Gasteiger partial charge in [-0.05, 0) is 6.07 Å². The number of ether oxygens (including phenoxy) is 1. The second kappa shape index (κ2) is 5.27. The van der Waals surface area contributed by atoms with Crippen LogP contribution in [0.4, 0.5) is 10.1 Å². The van der Waals surface area contributed by atoms with Gasteiger partial charge >= 0.3 is 0 Å². The number of nitrogens with zero attached hydrogens (tertiary/aromatic N) is 1. The number of hydrogen-bond acceptors (Lipinski definition) is 3. The summed E-state index contributed by atoms with van der Waals surface area (Å²) in [5.41, 5.74) is 1.57. The van der Waals surface area contributed by atoms with E-state index in [1.807, 2.05) is 18.2 Å². The van der Waals surface area contributed by atoms with Gasteiger partial charge in [0.2, 0.25) is 0 Å². The summed E-state index contributed by atoms with van der Waals surface area (Å²) in [6.07, 6.45) is -1.03. The van der Waals surface area contributed by atoms with Crippen molar-refractivity contribution in [3.05, 3.63) is 29.8 Å². The lowest BCUT2D eigenvalue weighted by atomic mass is 10.1. The van der Waals surface area contributed by atoms with E-state index in [0.717, 1.165) is 18.8 Å². The van der Waals surface area contributed by atoms with Gasteiger partial charge in [0, 0.05) is 24.3 Å². The molecule has 1 aromatic carbocycles. The Labute approximate surface area is 94.4 Å². The zero-order chi connectivity index (χ0) is 11.4. The molecule has 0 spiro atoms. The lowest BCUT2D eigenvalue weighted by molar-refractivity contribution is 0.121. The van der Waals surface area contributed by atoms with E-state index in [-0.39, 0.29) is 0 Å². The van der Waals surface area contributed by atoms with Gasteiger partial charge in [0.1, 0.15) is 12.8 Å². The highest BCUT2D eigenvalue weighted by Gasteiger charge is 2.18. The lowest BCUT2D eigenvalue weighted by Gasteiger charge is -2.31. The number of hydrogen-bond donors (Lipinski definition) is 1. The van der Waals surface area contributed by atoms with E-state index in [1.165, 1.54) is 0 Å². The first-order valence-electron chi connectivity index (χ1n) is 5.48. The van der Waals surface area contributed by atoms with Crippen LogP contribution in [-0.4, -0.2) is 38.1 Å². The predicted molar refractivity (Wildman–Crippen MR) is 60.4 cm³/mol. The predicted octanol–water partition coefficient (Wildman–Crippen LogP) is 1.53. The minimum absolute atomic E-state index is 0.659. The first kappa shape index (κ1) is 11.4. The molecule has 0 aliphatic carbocycles. The Kier molecular flexibility index (Phi) is 3.74. The second-order valence-electron chi connectivity index (χ2n) is 3.83. The summed E-state index contributed by atoms with van der Waals surface area (Å²) >= 11 is 0. The molecule has 0 bridgehead atoms. The average molecular weight is 225 g/mol. The molecule has 1 aliphatic rings. The van der Waals surface area contributed by atoms with Crippen molar-refractivity contribution in [1.82, 2.24) is 0 Å². The molecule has 1 unspecified atom stereocenters. The van der Waals surface area contributed by atoms with Crippen molar-refractivity contribution in [3.63, 3.8) is 0 Å². The molecule has 1 aliphatic heterocycles. The molecule has 0 saturated carbocycles. The van der Waals surface area contributed by atoms with Crippen LogP contribution in [0.5, 0.6) is 0 Å². The normalized spacial score (nSPS) is 18.5. The van der Waals surface area contributed by atoms with Crippen molar-refractivity contribution in [3.8, 4) is 0 Å². The van der Waals surface area contributed by atoms with E-state index in [0.29, 0.717) is 18.8 Å². The maximum atomic E-state index is 12.5. The topological polar surface area (TPSA) is 32.7 Å². The summed E-state index contributed by atoms with van der Waals surface area (Å²) in [6, 6.07) is 7.41. The molecule has 0 aromatic heterocycles. The number of alkyl halides is 1. The number of rotatable bonds is 3. The van der Waals surface area contributed by atoms with Gasteiger partial charge in [0.15, 0.2) is 0 Å². The van der Waals surface area contributed by atoms with Gasteiger partial charge in [0.05, 0.1) is 13.2 Å². The van der Waals surface area contributed by atoms with Gasteiger partial charge in [-0.1, -0.05) is 18.2 Å². The van der Waals surface area contributed by atoms with Gasteiger partial charge in [0.25, 0.3) is 0 Å². The zero-order valence-electron chi connectivity index (χ0n) is 9.10. The summed E-state index contributed by atoms with van der Waals surface area (Å²) in [5.74, 6) is 0. The molecule has 1 fully saturated rings. The van der Waals surface area contributed by atoms with Crippen molar-refractivity contribution in [2.75, 3.05) is 37.9 Å². The van der Waals surface area contributed by atoms with Crippen LogP contribution in [0, 0.1) is 0 Å². The zero-order valence-corrected chi connectivity index (χ0v) is 9.10. The van der Waals surface area contributed by atoms with Crippen LogP contribution in [0.1, 0.15) is 11.7 Å². The van der Waals surface area contributed by atoms with E-state index in [9.17, 15) is 9.50 Å². The first-order valence-corrected chi connectivity index (χ1v) is 5.48. The molecule has 1 heterocycles. The Morgan fingerprint density at radius 1 is 1.31 bits per heavy atom. The molecule has 0 radical (unpaired) electrons. The second-order valence-corrected chi connectivity index (χ2v) is 3.83. The molecule has 2 rings (SSSR count). The summed E-state index contributed by atoms with van der Waals surface area (Å²) in [6.45, 7) is 2.19. The molecule has 1 N–H and O–H groups in total. The van der Waals surface area contributed by atoms with Crippen LogP contribution in [0.2, 0.25) is 0 Å². The Morgan fingerprint density at radius 2 is 2.00 bits per heavy atom. The molecule has 3 nitrogen and oxygen atoms in total. The number of benzene rings is 1. The molecule has 1 aromatic rings. The van der Waals surface area contributed by atoms with Gasteiger partial charge in [-0.2, -0.15) is 0 Å². The summed E-state index contributed by atoms with van der Waals surface area (Å²) in [7, 11) is 0. The maximum absolute atomic E-state index is 12.5. The van der Waals surface area contributed by atoms with Crippen LogP contribution in [0.15, 0.2) is 24.3 Å². The van der Waals surface area contributed by atoms with Crippen molar-refractivity contribution in [1.29, 1.82) is 0 Å². The molecule has 4 heteroatoms. The summed E-state index contributed by atoms with van der Waals surface area (Å²) in [4.78, 5) is 2.12. The van der Waals surface area contributed by atoms with Gasteiger partial charge in [-0.15, -0.1) is 0 Å². The van der Waals surface area contributed by atoms with Gasteiger partial charge < -0.3 is 14.7 Å². The number of halogens is 1. The average Bonchev–Trinajstić information content (AvgIpc) is 2.39. The molecule has 16 heavy (non-hydrogen) atoms. The standard InChI is InChI=1S/C12H16FNO2/c13-9-12(15)10-3-1-2-4-11(10)14-5-7-16-8-6-14/h1-4,12,15H,5-9H2. The minimum Gasteiger partial charge on any atom is -0.386 e. The molecule has 0 amide bonds. The number of aliphatic hydroxyl groups is 1. The number of para-hydroxylation sites is 1. The number of morpholine rings is 1. The number of anilines is 1. The van der Waals surface area contributed by atoms with E-state index in [1.54, 1.807) is 6.07 Å². The van der Waals surface area contributed by atoms with Crippen molar-refractivity contribution in [2.45, 2.75) is 6.10 Å². The lowest BCUT2D eigenvalue weighted by Crippen LogP contribution is -2.37. The first-order chi connectivity index (χ1) is 7.83. The summed E-state index contributed by atoms with van der Waals surface area (Å²) < 4.78 is 17.8. The van der Waals surface area contributed by atoms with Crippen LogP contribution in [-0.2, 0) is 4.74 Å². The van der Waals surface area contributed by atoms with E-state index < -0.39 is 12.8 Å². The highest BCUT2D eigenvalue weighted by Crippen LogP contribution is 2.27. The van der Waals surface area contributed by atoms with Crippen LogP contribution < -0.4 is 4.90 Å². The molecule has 1 atom stereocenters. The molecular formula is C12H16FNO2. The van der Waals surface area contributed by atoms with E-state index in [2.05, 4.69) is 4.90 Å². The van der Waals surface area contributed by atoms with Crippen molar-refractivity contribution >= 4 is 5.69 Å². The van der Waals surface area contributed by atoms with Crippen LogP contribution in [0.25, 0.3) is 0 Å². The Morgan fingerprint density at radius 3 is 2.69 bits per heavy atom.